The van der Waals surface area contributed by atoms with Gasteiger partial charge in [0.1, 0.15) is 0 Å². The maximum Gasteiger partial charge on any atom is 0.264 e. The van der Waals surface area contributed by atoms with Gasteiger partial charge in [0, 0.05) is 37.3 Å². The number of amides is 3. The highest BCUT2D eigenvalue weighted by Crippen LogP contribution is 2.26. The van der Waals surface area contributed by atoms with Gasteiger partial charge in [-0.05, 0) is 48.4 Å². The Hall–Kier alpha value is -3.39. The third kappa shape index (κ3) is 5.54. The smallest absolute Gasteiger partial charge is 0.264 e. The highest BCUT2D eigenvalue weighted by atomic mass is 35.5. The molecule has 3 aromatic carbocycles. The van der Waals surface area contributed by atoms with Crippen LogP contribution in [0.5, 0.6) is 0 Å². The summed E-state index contributed by atoms with van der Waals surface area (Å²) in [5.74, 6) is -1.20. The van der Waals surface area contributed by atoms with Crippen molar-refractivity contribution in [3.05, 3.63) is 105 Å². The molecule has 0 saturated carbocycles. The second-order valence-corrected chi connectivity index (χ2v) is 9.43. The van der Waals surface area contributed by atoms with E-state index in [0.717, 1.165) is 16.7 Å². The minimum absolute atomic E-state index is 0.192. The summed E-state index contributed by atoms with van der Waals surface area (Å²) in [7, 11) is 0. The number of hydrogen-bond donors (Lipinski definition) is 2. The van der Waals surface area contributed by atoms with Crippen LogP contribution in [0.15, 0.2) is 66.7 Å². The lowest BCUT2D eigenvalue weighted by Gasteiger charge is -2.29. The maximum atomic E-state index is 13.5. The second-order valence-electron chi connectivity index (χ2n) is 8.61. The van der Waals surface area contributed by atoms with Crippen molar-refractivity contribution < 1.29 is 14.4 Å². The number of carbonyl (C=O) groups excluding carboxylic acids is 3. The quantitative estimate of drug-likeness (QED) is 0.509. The molecule has 0 radical (unpaired) electrons. The third-order valence-electron chi connectivity index (χ3n) is 6.05. The first-order valence-corrected chi connectivity index (χ1v) is 12.2. The highest BCUT2D eigenvalue weighted by molar-refractivity contribution is 6.42. The Bertz CT molecular complexity index is 1310. The van der Waals surface area contributed by atoms with Gasteiger partial charge in [-0.1, -0.05) is 65.2 Å². The van der Waals surface area contributed by atoms with E-state index in [2.05, 4.69) is 5.32 Å². The number of benzene rings is 3. The summed E-state index contributed by atoms with van der Waals surface area (Å²) in [5.41, 5.74) is 9.18. The molecule has 1 heterocycles. The Kier molecular flexibility index (Phi) is 7.94. The highest BCUT2D eigenvalue weighted by Gasteiger charge is 2.43. The van der Waals surface area contributed by atoms with Gasteiger partial charge in [-0.3, -0.25) is 14.4 Å². The predicted molar refractivity (Wildman–Crippen MR) is 140 cm³/mol. The summed E-state index contributed by atoms with van der Waals surface area (Å²) in [6.45, 7) is 2.90. The molecule has 7 nitrogen and oxygen atoms in total. The first-order valence-electron chi connectivity index (χ1n) is 11.5. The van der Waals surface area contributed by atoms with Gasteiger partial charge in [-0.25, -0.2) is 0 Å². The molecule has 3 N–H and O–H groups in total. The molecule has 9 heteroatoms. The van der Waals surface area contributed by atoms with Crippen molar-refractivity contribution in [1.29, 1.82) is 0 Å². The summed E-state index contributed by atoms with van der Waals surface area (Å²) >= 11 is 12.1. The summed E-state index contributed by atoms with van der Waals surface area (Å²) < 4.78 is 0. The molecule has 1 unspecified atom stereocenters. The van der Waals surface area contributed by atoms with Crippen LogP contribution in [0.3, 0.4) is 0 Å². The first-order chi connectivity index (χ1) is 17.3. The number of carbonyl (C=O) groups is 3. The van der Waals surface area contributed by atoms with Crippen molar-refractivity contribution in [3.8, 4) is 0 Å². The van der Waals surface area contributed by atoms with Gasteiger partial charge in [0.25, 0.3) is 17.7 Å². The van der Waals surface area contributed by atoms with E-state index in [1.807, 2.05) is 37.3 Å². The molecule has 1 fully saturated rings. The van der Waals surface area contributed by atoms with Crippen molar-refractivity contribution in [2.45, 2.75) is 26.2 Å². The molecule has 1 aliphatic rings. The molecule has 1 saturated heterocycles. The zero-order valence-electron chi connectivity index (χ0n) is 19.7. The lowest BCUT2D eigenvalue weighted by Crippen LogP contribution is -2.53. The van der Waals surface area contributed by atoms with Crippen molar-refractivity contribution in [2.75, 3.05) is 13.1 Å². The van der Waals surface area contributed by atoms with Crippen molar-refractivity contribution >= 4 is 40.9 Å². The number of nitrogens with two attached hydrogens (primary N) is 1. The topological polar surface area (TPSA) is 95.7 Å². The Balaban J connectivity index is 1.62. The van der Waals surface area contributed by atoms with Gasteiger partial charge >= 0.3 is 0 Å². The van der Waals surface area contributed by atoms with Crippen LogP contribution < -0.4 is 11.1 Å². The van der Waals surface area contributed by atoms with Gasteiger partial charge in [0.05, 0.1) is 10.0 Å². The van der Waals surface area contributed by atoms with Crippen molar-refractivity contribution in [1.82, 2.24) is 15.1 Å². The molecule has 3 aromatic rings. The van der Waals surface area contributed by atoms with Gasteiger partial charge in [0.15, 0.2) is 6.17 Å². The number of hydrogen-bond acceptors (Lipinski definition) is 4. The molecule has 186 valence electrons. The molecule has 0 spiro atoms. The Morgan fingerprint density at radius 1 is 0.861 bits per heavy atom. The molecule has 1 atom stereocenters. The summed E-state index contributed by atoms with van der Waals surface area (Å²) in [6, 6.07) is 19.2. The second kappa shape index (κ2) is 11.1. The van der Waals surface area contributed by atoms with Crippen LogP contribution in [0, 0.1) is 6.92 Å². The Morgan fingerprint density at radius 3 is 2.14 bits per heavy atom. The van der Waals surface area contributed by atoms with Crippen molar-refractivity contribution in [3.63, 3.8) is 0 Å². The van der Waals surface area contributed by atoms with E-state index in [9.17, 15) is 14.4 Å². The number of nitrogens with zero attached hydrogens (tertiary/aromatic N) is 2. The van der Waals surface area contributed by atoms with Gasteiger partial charge in [-0.2, -0.15) is 0 Å². The number of rotatable bonds is 6. The number of halogens is 2. The van der Waals surface area contributed by atoms with Gasteiger partial charge in [0.2, 0.25) is 0 Å². The largest absolute Gasteiger partial charge is 0.349 e. The zero-order chi connectivity index (χ0) is 25.8. The molecule has 4 rings (SSSR count). The average Bonchev–Trinajstić information content (AvgIpc) is 3.33. The van der Waals surface area contributed by atoms with E-state index >= 15 is 0 Å². The van der Waals surface area contributed by atoms with Crippen LogP contribution in [0.2, 0.25) is 10.0 Å². The lowest BCUT2D eigenvalue weighted by atomic mass is 10.1. The summed E-state index contributed by atoms with van der Waals surface area (Å²) in [6.07, 6.45) is -1.13. The summed E-state index contributed by atoms with van der Waals surface area (Å²) in [4.78, 5) is 43.2. The van der Waals surface area contributed by atoms with E-state index in [-0.39, 0.29) is 36.1 Å². The normalized spacial score (nSPS) is 15.2. The number of nitrogens with one attached hydrogen (secondary N) is 1. The van der Waals surface area contributed by atoms with Gasteiger partial charge in [-0.15, -0.1) is 0 Å². The van der Waals surface area contributed by atoms with Crippen LogP contribution >= 0.6 is 23.2 Å². The maximum absolute atomic E-state index is 13.5. The minimum atomic E-state index is -1.13. The minimum Gasteiger partial charge on any atom is -0.349 e. The molecule has 1 aliphatic heterocycles. The van der Waals surface area contributed by atoms with Crippen LogP contribution in [0.4, 0.5) is 0 Å². The van der Waals surface area contributed by atoms with Gasteiger partial charge < -0.3 is 20.9 Å². The molecule has 3 amide bonds. The molecule has 0 bridgehead atoms. The fourth-order valence-corrected chi connectivity index (χ4v) is 4.52. The first kappa shape index (κ1) is 25.7. The van der Waals surface area contributed by atoms with Crippen LogP contribution in [0.25, 0.3) is 0 Å². The molecule has 36 heavy (non-hydrogen) atoms. The predicted octanol–water partition coefficient (Wildman–Crippen LogP) is 4.00. The third-order valence-corrected chi connectivity index (χ3v) is 6.79. The average molecular weight is 525 g/mol. The monoisotopic (exact) mass is 524 g/mol. The zero-order valence-corrected chi connectivity index (χ0v) is 21.2. The standard InChI is InChI=1S/C27H26Cl2N4O3/c1-17-4-2-7-20(12-17)26(35)32-10-11-33(27(36)21-8-9-22(28)23(29)14-21)25(32)24(34)31-16-19-6-3-5-18(13-19)15-30/h2-9,12-14,25H,10-11,15-16,30H2,1H3,(H,31,34). The Labute approximate surface area is 219 Å². The fourth-order valence-electron chi connectivity index (χ4n) is 4.22. The van der Waals surface area contributed by atoms with E-state index in [0.29, 0.717) is 17.1 Å². The summed E-state index contributed by atoms with van der Waals surface area (Å²) in [5, 5.41) is 3.43. The van der Waals surface area contributed by atoms with Crippen LogP contribution in [0.1, 0.15) is 37.4 Å². The molecule has 0 aliphatic carbocycles. The van der Waals surface area contributed by atoms with Crippen LogP contribution in [-0.4, -0.2) is 46.8 Å². The van der Waals surface area contributed by atoms with E-state index in [1.165, 1.54) is 21.9 Å². The van der Waals surface area contributed by atoms with E-state index < -0.39 is 18.0 Å². The lowest BCUT2D eigenvalue weighted by molar-refractivity contribution is -0.128. The molecular weight excluding hydrogens is 499 g/mol. The van der Waals surface area contributed by atoms with E-state index in [4.69, 9.17) is 28.9 Å². The molecule has 0 aromatic heterocycles. The van der Waals surface area contributed by atoms with Crippen molar-refractivity contribution in [2.24, 2.45) is 5.73 Å². The SMILES string of the molecule is Cc1cccc(C(=O)N2CCN(C(=O)c3ccc(Cl)c(Cl)c3)C2C(=O)NCc2cccc(CN)c2)c1. The number of aryl methyl sites for hydroxylation is 1. The Morgan fingerprint density at radius 2 is 1.50 bits per heavy atom. The molecular formula is C27H26Cl2N4O3. The van der Waals surface area contributed by atoms with Crippen LogP contribution in [-0.2, 0) is 17.9 Å². The fraction of sp³-hybridized carbons (Fsp3) is 0.222. The van der Waals surface area contributed by atoms with E-state index in [1.54, 1.807) is 24.3 Å².